The maximum absolute atomic E-state index is 11.7. The summed E-state index contributed by atoms with van der Waals surface area (Å²) in [5, 5.41) is 2.55. The highest BCUT2D eigenvalue weighted by Gasteiger charge is 2.13. The van der Waals surface area contributed by atoms with Crippen LogP contribution in [-0.4, -0.2) is 37.5 Å². The van der Waals surface area contributed by atoms with E-state index in [1.165, 1.54) is 18.7 Å². The number of anilines is 1. The van der Waals surface area contributed by atoms with Gasteiger partial charge in [0.2, 0.25) is 5.91 Å². The van der Waals surface area contributed by atoms with Gasteiger partial charge < -0.3 is 15.0 Å². The zero-order valence-corrected chi connectivity index (χ0v) is 12.5. The fourth-order valence-electron chi connectivity index (χ4n) is 1.81. The van der Waals surface area contributed by atoms with Gasteiger partial charge in [0.25, 0.3) is 0 Å². The zero-order valence-electron chi connectivity index (χ0n) is 12.5. The van der Waals surface area contributed by atoms with Gasteiger partial charge in [-0.15, -0.1) is 0 Å². The van der Waals surface area contributed by atoms with Gasteiger partial charge in [0, 0.05) is 31.3 Å². The van der Waals surface area contributed by atoms with Crippen LogP contribution < -0.4 is 10.2 Å². The minimum atomic E-state index is -0.515. The average Bonchev–Trinajstić information content (AvgIpc) is 2.43. The highest BCUT2D eigenvalue weighted by molar-refractivity contribution is 5.97. The molecule has 1 aromatic carbocycles. The molecular formula is C15H20N2O4. The Morgan fingerprint density at radius 2 is 1.95 bits per heavy atom. The molecule has 6 heteroatoms. The van der Waals surface area contributed by atoms with Gasteiger partial charge in [-0.1, -0.05) is 12.1 Å². The molecule has 0 aromatic heterocycles. The summed E-state index contributed by atoms with van der Waals surface area (Å²) in [5.74, 6) is -0.230. The van der Waals surface area contributed by atoms with E-state index in [1.54, 1.807) is 31.2 Å². The lowest BCUT2D eigenvalue weighted by molar-refractivity contribution is -0.116. The number of hydrogen-bond donors (Lipinski definition) is 1. The smallest absolute Gasteiger partial charge is 0.407 e. The van der Waals surface area contributed by atoms with E-state index in [4.69, 9.17) is 4.74 Å². The summed E-state index contributed by atoms with van der Waals surface area (Å²) in [4.78, 5) is 35.8. The third kappa shape index (κ3) is 5.25. The molecular weight excluding hydrogens is 272 g/mol. The summed E-state index contributed by atoms with van der Waals surface area (Å²) in [7, 11) is 0. The van der Waals surface area contributed by atoms with Crippen molar-refractivity contribution in [3.63, 3.8) is 0 Å². The van der Waals surface area contributed by atoms with Crippen LogP contribution in [0.2, 0.25) is 0 Å². The molecule has 1 aromatic rings. The van der Waals surface area contributed by atoms with E-state index >= 15 is 0 Å². The van der Waals surface area contributed by atoms with Crippen molar-refractivity contribution in [2.75, 3.05) is 24.6 Å². The molecule has 0 aliphatic heterocycles. The fourth-order valence-corrected chi connectivity index (χ4v) is 1.81. The van der Waals surface area contributed by atoms with E-state index < -0.39 is 6.09 Å². The Morgan fingerprint density at radius 3 is 2.52 bits per heavy atom. The van der Waals surface area contributed by atoms with Crippen LogP contribution in [0.1, 0.15) is 31.1 Å². The van der Waals surface area contributed by atoms with Crippen molar-refractivity contribution < 1.29 is 19.1 Å². The predicted molar refractivity (Wildman–Crippen MR) is 79.5 cm³/mol. The Morgan fingerprint density at radius 1 is 1.24 bits per heavy atom. The molecule has 114 valence electrons. The van der Waals surface area contributed by atoms with Crippen LogP contribution in [0.25, 0.3) is 0 Å². The van der Waals surface area contributed by atoms with Crippen molar-refractivity contribution in [3.05, 3.63) is 29.8 Å². The zero-order chi connectivity index (χ0) is 15.8. The SMILES string of the molecule is CCOC(=O)NCCN(C(C)=O)c1cccc(C(C)=O)c1. The normalized spacial score (nSPS) is 9.86. The topological polar surface area (TPSA) is 75.7 Å². The lowest BCUT2D eigenvalue weighted by Gasteiger charge is -2.21. The molecule has 2 amide bonds. The van der Waals surface area contributed by atoms with Crippen LogP contribution >= 0.6 is 0 Å². The number of rotatable bonds is 6. The Balaban J connectivity index is 2.73. The molecule has 0 aliphatic carbocycles. The van der Waals surface area contributed by atoms with E-state index in [-0.39, 0.29) is 18.2 Å². The van der Waals surface area contributed by atoms with E-state index in [0.717, 1.165) is 0 Å². The van der Waals surface area contributed by atoms with E-state index in [9.17, 15) is 14.4 Å². The molecule has 0 heterocycles. The number of ether oxygens (including phenoxy) is 1. The number of nitrogens with zero attached hydrogens (tertiary/aromatic N) is 1. The first-order valence-corrected chi connectivity index (χ1v) is 6.75. The lowest BCUT2D eigenvalue weighted by atomic mass is 10.1. The van der Waals surface area contributed by atoms with Crippen molar-refractivity contribution >= 4 is 23.5 Å². The minimum Gasteiger partial charge on any atom is -0.450 e. The molecule has 0 spiro atoms. The van der Waals surface area contributed by atoms with Gasteiger partial charge in [0.1, 0.15) is 0 Å². The van der Waals surface area contributed by atoms with E-state index in [2.05, 4.69) is 5.32 Å². The Bertz CT molecular complexity index is 528. The predicted octanol–water partition coefficient (Wildman–Crippen LogP) is 1.99. The van der Waals surface area contributed by atoms with Gasteiger partial charge in [-0.2, -0.15) is 0 Å². The van der Waals surface area contributed by atoms with Crippen molar-refractivity contribution in [2.45, 2.75) is 20.8 Å². The monoisotopic (exact) mass is 292 g/mol. The molecule has 0 radical (unpaired) electrons. The third-order valence-electron chi connectivity index (χ3n) is 2.82. The molecule has 0 bridgehead atoms. The maximum Gasteiger partial charge on any atom is 0.407 e. The number of carbonyl (C=O) groups is 3. The second-order valence-electron chi connectivity index (χ2n) is 4.42. The van der Waals surface area contributed by atoms with Crippen LogP contribution in [-0.2, 0) is 9.53 Å². The van der Waals surface area contributed by atoms with Crippen molar-refractivity contribution in [1.29, 1.82) is 0 Å². The number of amides is 2. The summed E-state index contributed by atoms with van der Waals surface area (Å²) >= 11 is 0. The molecule has 1 rings (SSSR count). The van der Waals surface area contributed by atoms with Crippen molar-refractivity contribution in [2.24, 2.45) is 0 Å². The van der Waals surface area contributed by atoms with Crippen molar-refractivity contribution in [3.8, 4) is 0 Å². The molecule has 0 saturated carbocycles. The van der Waals surface area contributed by atoms with Gasteiger partial charge in [0.15, 0.2) is 5.78 Å². The first kappa shape index (κ1) is 16.7. The molecule has 6 nitrogen and oxygen atoms in total. The summed E-state index contributed by atoms with van der Waals surface area (Å²) in [6, 6.07) is 6.83. The third-order valence-corrected chi connectivity index (χ3v) is 2.82. The highest BCUT2D eigenvalue weighted by atomic mass is 16.5. The molecule has 21 heavy (non-hydrogen) atoms. The Labute approximate surface area is 124 Å². The average molecular weight is 292 g/mol. The van der Waals surface area contributed by atoms with Gasteiger partial charge in [-0.3, -0.25) is 9.59 Å². The van der Waals surface area contributed by atoms with Gasteiger partial charge in [0.05, 0.1) is 6.61 Å². The minimum absolute atomic E-state index is 0.0648. The quantitative estimate of drug-likeness (QED) is 0.814. The Kier molecular flexibility index (Phi) is 6.39. The van der Waals surface area contributed by atoms with Gasteiger partial charge in [-0.25, -0.2) is 4.79 Å². The molecule has 1 N–H and O–H groups in total. The summed E-state index contributed by atoms with van der Waals surface area (Å²) in [6.45, 7) is 5.49. The van der Waals surface area contributed by atoms with Crippen LogP contribution in [0.5, 0.6) is 0 Å². The number of ketones is 1. The molecule has 0 fully saturated rings. The fraction of sp³-hybridized carbons (Fsp3) is 0.400. The number of alkyl carbamates (subject to hydrolysis) is 1. The first-order chi connectivity index (χ1) is 9.95. The lowest BCUT2D eigenvalue weighted by Crippen LogP contribution is -2.37. The summed E-state index contributed by atoms with van der Waals surface area (Å²) in [5.41, 5.74) is 1.16. The standard InChI is InChI=1S/C15H20N2O4/c1-4-21-15(20)16-8-9-17(12(3)19)14-7-5-6-13(10-14)11(2)18/h5-7,10H,4,8-9H2,1-3H3,(H,16,20). The van der Waals surface area contributed by atoms with Crippen LogP contribution in [0, 0.1) is 0 Å². The first-order valence-electron chi connectivity index (χ1n) is 6.75. The van der Waals surface area contributed by atoms with E-state index in [0.29, 0.717) is 24.4 Å². The maximum atomic E-state index is 11.7. The summed E-state index contributed by atoms with van der Waals surface area (Å²) in [6.07, 6.45) is -0.515. The highest BCUT2D eigenvalue weighted by Crippen LogP contribution is 2.16. The molecule has 0 unspecified atom stereocenters. The van der Waals surface area contributed by atoms with Gasteiger partial charge in [-0.05, 0) is 26.0 Å². The second-order valence-corrected chi connectivity index (χ2v) is 4.42. The van der Waals surface area contributed by atoms with Crippen LogP contribution in [0.3, 0.4) is 0 Å². The second kappa shape index (κ2) is 8.04. The molecule has 0 aliphatic rings. The Hall–Kier alpha value is -2.37. The number of hydrogen-bond acceptors (Lipinski definition) is 4. The van der Waals surface area contributed by atoms with Gasteiger partial charge >= 0.3 is 6.09 Å². The molecule has 0 saturated heterocycles. The van der Waals surface area contributed by atoms with Crippen LogP contribution in [0.4, 0.5) is 10.5 Å². The summed E-state index contributed by atoms with van der Waals surface area (Å²) < 4.78 is 4.74. The largest absolute Gasteiger partial charge is 0.450 e. The van der Waals surface area contributed by atoms with E-state index in [1.807, 2.05) is 0 Å². The van der Waals surface area contributed by atoms with Crippen molar-refractivity contribution in [1.82, 2.24) is 5.32 Å². The number of carbonyl (C=O) groups excluding carboxylic acids is 3. The number of nitrogens with one attached hydrogen (secondary N) is 1. The van der Waals surface area contributed by atoms with Crippen LogP contribution in [0.15, 0.2) is 24.3 Å². The molecule has 0 atom stereocenters. The number of benzene rings is 1. The number of Topliss-reactive ketones (excluding diaryl/α,β-unsaturated/α-hetero) is 1.